The van der Waals surface area contributed by atoms with Crippen molar-refractivity contribution in [2.45, 2.75) is 0 Å². The van der Waals surface area contributed by atoms with Gasteiger partial charge in [-0.15, -0.1) is 0 Å². The molecule has 0 aliphatic rings. The monoisotopic (exact) mass is 351 g/mol. The number of hydrogen-bond acceptors (Lipinski definition) is 6. The van der Waals surface area contributed by atoms with Gasteiger partial charge in [0.1, 0.15) is 5.56 Å². The fourth-order valence-electron chi connectivity index (χ4n) is 0.837. The van der Waals surface area contributed by atoms with Gasteiger partial charge in [0.2, 0.25) is 0 Å². The van der Waals surface area contributed by atoms with Gasteiger partial charge in [0.25, 0.3) is 5.69 Å². The molecule has 1 N–H and O–H groups in total. The molecule has 92 valence electrons. The maximum atomic E-state index is 10.5. The molecule has 0 aliphatic heterocycles. The maximum absolute atomic E-state index is 10.5. The van der Waals surface area contributed by atoms with E-state index >= 15 is 0 Å². The average Bonchev–Trinajstić information content (AvgIpc) is 2.15. The second-order valence-electron chi connectivity index (χ2n) is 2.47. The van der Waals surface area contributed by atoms with Crippen LogP contribution in [0.1, 0.15) is 10.4 Å². The van der Waals surface area contributed by atoms with Gasteiger partial charge in [-0.05, 0) is 18.3 Å². The van der Waals surface area contributed by atoms with Crippen molar-refractivity contribution in [2.75, 3.05) is 0 Å². The number of carbonyl (C=O) groups is 2. The van der Waals surface area contributed by atoms with Crippen LogP contribution in [-0.2, 0) is 0 Å². The zero-order chi connectivity index (χ0) is 13.6. The van der Waals surface area contributed by atoms with Gasteiger partial charge in [-0.3, -0.25) is 10.1 Å². The summed E-state index contributed by atoms with van der Waals surface area (Å²) < 4.78 is 0.476. The Kier molecular flexibility index (Phi) is 14.7. The molecule has 0 unspecified atom stereocenters. The Morgan fingerprint density at radius 3 is 1.95 bits per heavy atom. The number of nitro groups is 1. The molecular weight excluding hydrogens is 348 g/mol. The minimum Gasteiger partial charge on any atom is -0.652 e. The topological polar surface area (TPSA) is 144 Å². The number of nitrogens with zero attached hydrogens (tertiary/aromatic N) is 1. The molecule has 0 spiro atoms. The Morgan fingerprint density at radius 2 is 1.63 bits per heavy atom. The second kappa shape index (κ2) is 11.6. The smallest absolute Gasteiger partial charge is 0.652 e. The van der Waals surface area contributed by atoms with Crippen LogP contribution in [0.3, 0.4) is 0 Å². The van der Waals surface area contributed by atoms with Gasteiger partial charge >= 0.3 is 65.1 Å². The number of carboxylic acids is 1. The molecule has 19 heavy (non-hydrogen) atoms. The number of aromatic carboxylic acids is 1. The summed E-state index contributed by atoms with van der Waals surface area (Å²) in [6, 6.07) is 3.78. The Morgan fingerprint density at radius 1 is 1.21 bits per heavy atom. The van der Waals surface area contributed by atoms with Gasteiger partial charge in [-0.2, -0.15) is 0 Å². The fraction of sp³-hybridized carbons (Fsp3) is 0. The van der Waals surface area contributed by atoms with Crippen molar-refractivity contribution >= 4 is 33.7 Å². The third-order valence-corrected chi connectivity index (χ3v) is 1.88. The van der Waals surface area contributed by atoms with Crippen molar-refractivity contribution in [3.8, 4) is 0 Å². The number of carboxylic acid groups (broad SMARTS) is 3. The Hall–Kier alpha value is -0.160. The molecule has 0 saturated carbocycles. The molecule has 0 bridgehead atoms. The van der Waals surface area contributed by atoms with Gasteiger partial charge in [-0.25, -0.2) is 4.79 Å². The van der Waals surface area contributed by atoms with Gasteiger partial charge in [-0.1, -0.05) is 15.9 Å². The third-order valence-electron chi connectivity index (χ3n) is 1.39. The summed E-state index contributed by atoms with van der Waals surface area (Å²) in [5.41, 5.74) is -0.727. The molecule has 0 amide bonds. The molecule has 8 nitrogen and oxygen atoms in total. The first kappa shape index (κ1) is 23.9. The minimum atomic E-state index is -2.33. The van der Waals surface area contributed by atoms with E-state index in [-0.39, 0.29) is 64.7 Å². The predicted octanol–water partition coefficient (Wildman–Crippen LogP) is -6.38. The molecule has 1 rings (SSSR count). The van der Waals surface area contributed by atoms with E-state index in [1.54, 1.807) is 0 Å². The summed E-state index contributed by atoms with van der Waals surface area (Å²) in [6.07, 6.45) is -2.33. The van der Waals surface area contributed by atoms with Crippen molar-refractivity contribution < 1.29 is 88.9 Å². The maximum Gasteiger partial charge on any atom is 1.00 e. The molecule has 1 aromatic rings. The van der Waals surface area contributed by atoms with Crippen molar-refractivity contribution in [3.05, 3.63) is 38.3 Å². The molecule has 0 atom stereocenters. The number of halogens is 1. The van der Waals surface area contributed by atoms with Crippen LogP contribution in [-0.4, -0.2) is 22.2 Å². The van der Waals surface area contributed by atoms with E-state index in [1.807, 2.05) is 0 Å². The molecule has 11 heteroatoms. The third kappa shape index (κ3) is 10.3. The number of nitro benzene ring substituents is 1. The van der Waals surface area contributed by atoms with E-state index in [2.05, 4.69) is 15.9 Å². The summed E-state index contributed by atoms with van der Waals surface area (Å²) in [7, 11) is 0. The largest absolute Gasteiger partial charge is 1.00 e. The fourth-order valence-corrected chi connectivity index (χ4v) is 1.19. The van der Waals surface area contributed by atoms with Gasteiger partial charge in [0, 0.05) is 10.5 Å². The van der Waals surface area contributed by atoms with E-state index < -0.39 is 22.7 Å². The van der Waals surface area contributed by atoms with E-state index in [9.17, 15) is 14.9 Å². The van der Waals surface area contributed by atoms with E-state index in [4.69, 9.17) is 20.1 Å². The van der Waals surface area contributed by atoms with Gasteiger partial charge < -0.3 is 20.1 Å². The quantitative estimate of drug-likeness (QED) is 0.317. The number of carbonyl (C=O) groups excluding carboxylic acids is 1. The molecule has 0 fully saturated rings. The molecule has 0 radical (unpaired) electrons. The Labute approximate surface area is 159 Å². The van der Waals surface area contributed by atoms with Gasteiger partial charge in [0.05, 0.1) is 4.92 Å². The van der Waals surface area contributed by atoms with Crippen LogP contribution in [0.2, 0.25) is 0 Å². The van der Waals surface area contributed by atoms with Crippen molar-refractivity contribution in [1.82, 2.24) is 0 Å². The van der Waals surface area contributed by atoms with Crippen molar-refractivity contribution in [2.24, 2.45) is 0 Å². The summed E-state index contributed by atoms with van der Waals surface area (Å²) in [4.78, 5) is 28.5. The van der Waals surface area contributed by atoms with Crippen LogP contribution in [0, 0.1) is 10.1 Å². The Bertz CT molecular complexity index is 464. The van der Waals surface area contributed by atoms with E-state index in [1.165, 1.54) is 12.1 Å². The zero-order valence-electron chi connectivity index (χ0n) is 9.95. The average molecular weight is 352 g/mol. The SMILES string of the molecule is O=C(O)c1ccc(Br)cc1[N+](=O)[O-].O=C([O-])[O-].[Na+].[Na+]. The summed E-state index contributed by atoms with van der Waals surface area (Å²) >= 11 is 3.02. The van der Waals surface area contributed by atoms with Crippen LogP contribution in [0.25, 0.3) is 0 Å². The van der Waals surface area contributed by atoms with E-state index in [0.717, 1.165) is 6.07 Å². The van der Waals surface area contributed by atoms with Crippen LogP contribution in [0.4, 0.5) is 10.5 Å². The number of rotatable bonds is 2. The summed E-state index contributed by atoms with van der Waals surface area (Å²) in [5.74, 6) is -1.31. The van der Waals surface area contributed by atoms with Crippen molar-refractivity contribution in [1.29, 1.82) is 0 Å². The first-order chi connectivity index (χ1) is 7.75. The zero-order valence-corrected chi connectivity index (χ0v) is 15.5. The summed E-state index contributed by atoms with van der Waals surface area (Å²) in [6.45, 7) is 0. The van der Waals surface area contributed by atoms with Crippen molar-refractivity contribution in [3.63, 3.8) is 0 Å². The van der Waals surface area contributed by atoms with Crippen LogP contribution < -0.4 is 69.3 Å². The van der Waals surface area contributed by atoms with Crippen LogP contribution in [0.5, 0.6) is 0 Å². The first-order valence-electron chi connectivity index (χ1n) is 3.81. The second-order valence-corrected chi connectivity index (χ2v) is 3.39. The molecule has 0 aromatic heterocycles. The van der Waals surface area contributed by atoms with Crippen LogP contribution in [0.15, 0.2) is 22.7 Å². The normalized spacial score (nSPS) is 7.84. The molecular formula is C8H4BrNNa2O7. The van der Waals surface area contributed by atoms with Gasteiger partial charge in [0.15, 0.2) is 0 Å². The minimum absolute atomic E-state index is 0. The molecule has 0 aliphatic carbocycles. The molecule has 1 aromatic carbocycles. The molecule has 0 saturated heterocycles. The molecule has 0 heterocycles. The standard InChI is InChI=1S/C7H4BrNO4.CH2O3.2Na/c8-4-1-2-5(7(10)11)6(3-4)9(12)13;2-1(3)4;;/h1-3H,(H,10,11);(H2,2,3,4);;/q;;2*+1/p-2. The predicted molar refractivity (Wildman–Crippen MR) is 53.2 cm³/mol. The summed E-state index contributed by atoms with van der Waals surface area (Å²) in [5, 5.41) is 35.7. The Balaban J connectivity index is -0.000000379. The number of hydrogen-bond donors (Lipinski definition) is 1. The van der Waals surface area contributed by atoms with Crippen LogP contribution >= 0.6 is 15.9 Å². The first-order valence-corrected chi connectivity index (χ1v) is 4.60. The van der Waals surface area contributed by atoms with E-state index in [0.29, 0.717) is 4.47 Å². The number of benzene rings is 1.